The van der Waals surface area contributed by atoms with Crippen LogP contribution in [0.4, 0.5) is 13.2 Å². The number of nitrogens with zero attached hydrogens (tertiary/aromatic N) is 1. The second-order valence-electron chi connectivity index (χ2n) is 6.69. The number of alkyl halides is 3. The minimum absolute atomic E-state index is 0.134. The molecule has 0 radical (unpaired) electrons. The minimum Gasteiger partial charge on any atom is -0.465 e. The third-order valence-corrected chi connectivity index (χ3v) is 5.61. The average Bonchev–Trinajstić information content (AvgIpc) is 3.01. The lowest BCUT2D eigenvalue weighted by molar-refractivity contribution is -0.0500. The SMILES string of the molecule is CCCN(CCC)C1Cc2cc(OS(=O)(=O)C(F)(F)F)c(C(=O)OC)cc2C1. The van der Waals surface area contributed by atoms with Crippen molar-refractivity contribution in [2.45, 2.75) is 51.1 Å². The number of hydrogen-bond acceptors (Lipinski definition) is 6. The van der Waals surface area contributed by atoms with E-state index in [1.807, 2.05) is 0 Å². The van der Waals surface area contributed by atoms with Crippen molar-refractivity contribution in [2.24, 2.45) is 0 Å². The molecule has 0 fully saturated rings. The van der Waals surface area contributed by atoms with E-state index in [9.17, 15) is 26.4 Å². The number of carbonyl (C=O) groups is 1. The molecule has 2 rings (SSSR count). The molecule has 10 heteroatoms. The van der Waals surface area contributed by atoms with Gasteiger partial charge in [0.2, 0.25) is 0 Å². The first-order valence-electron chi connectivity index (χ1n) is 9.02. The van der Waals surface area contributed by atoms with Gasteiger partial charge in [-0.05, 0) is 62.0 Å². The summed E-state index contributed by atoms with van der Waals surface area (Å²) < 4.78 is 69.8. The summed E-state index contributed by atoms with van der Waals surface area (Å²) in [4.78, 5) is 14.3. The number of carbonyl (C=O) groups excluding carboxylic acids is 1. The highest BCUT2D eigenvalue weighted by molar-refractivity contribution is 7.88. The van der Waals surface area contributed by atoms with Crippen LogP contribution in [0.2, 0.25) is 0 Å². The van der Waals surface area contributed by atoms with Crippen LogP contribution in [0, 0.1) is 0 Å². The molecule has 28 heavy (non-hydrogen) atoms. The molecule has 0 spiro atoms. The highest BCUT2D eigenvalue weighted by Crippen LogP contribution is 2.35. The molecule has 6 nitrogen and oxygen atoms in total. The highest BCUT2D eigenvalue weighted by atomic mass is 32.2. The second kappa shape index (κ2) is 8.69. The predicted molar refractivity (Wildman–Crippen MR) is 96.7 cm³/mol. The maximum absolute atomic E-state index is 12.7. The van der Waals surface area contributed by atoms with E-state index in [2.05, 4.69) is 27.7 Å². The lowest BCUT2D eigenvalue weighted by Crippen LogP contribution is -2.37. The van der Waals surface area contributed by atoms with Crippen molar-refractivity contribution in [2.75, 3.05) is 20.2 Å². The molecular weight excluding hydrogens is 399 g/mol. The summed E-state index contributed by atoms with van der Waals surface area (Å²) in [7, 11) is -4.84. The maximum atomic E-state index is 12.7. The first-order chi connectivity index (χ1) is 13.0. The van der Waals surface area contributed by atoms with E-state index in [-0.39, 0.29) is 11.6 Å². The molecule has 0 heterocycles. The van der Waals surface area contributed by atoms with Gasteiger partial charge < -0.3 is 8.92 Å². The molecule has 1 aromatic carbocycles. The summed E-state index contributed by atoms with van der Waals surface area (Å²) in [6.07, 6.45) is 3.07. The van der Waals surface area contributed by atoms with Gasteiger partial charge in [0.25, 0.3) is 0 Å². The summed E-state index contributed by atoms with van der Waals surface area (Å²) in [5, 5.41) is 0. The van der Waals surface area contributed by atoms with Gasteiger partial charge in [-0.2, -0.15) is 21.6 Å². The molecule has 0 bridgehead atoms. The number of ether oxygens (including phenoxy) is 1. The molecule has 0 saturated heterocycles. The quantitative estimate of drug-likeness (QED) is 0.363. The van der Waals surface area contributed by atoms with Crippen LogP contribution in [0.25, 0.3) is 0 Å². The molecule has 158 valence electrons. The van der Waals surface area contributed by atoms with Crippen molar-refractivity contribution in [1.82, 2.24) is 4.90 Å². The monoisotopic (exact) mass is 423 g/mol. The van der Waals surface area contributed by atoms with Gasteiger partial charge in [-0.25, -0.2) is 4.79 Å². The van der Waals surface area contributed by atoms with Gasteiger partial charge in [-0.15, -0.1) is 0 Å². The molecule has 1 aromatic rings. The van der Waals surface area contributed by atoms with Crippen LogP contribution in [-0.4, -0.2) is 51.0 Å². The van der Waals surface area contributed by atoms with Gasteiger partial charge in [0.15, 0.2) is 5.75 Å². The molecular formula is C18H24F3NO5S. The number of hydrogen-bond donors (Lipinski definition) is 0. The summed E-state index contributed by atoms with van der Waals surface area (Å²) >= 11 is 0. The Morgan fingerprint density at radius 1 is 1.14 bits per heavy atom. The fraction of sp³-hybridized carbons (Fsp3) is 0.611. The standard InChI is InChI=1S/C18H24F3NO5S/c1-4-6-22(7-5-2)14-8-12-10-15(17(23)26-3)16(11-13(12)9-14)27-28(24,25)18(19,20)21/h10-11,14H,4-9H2,1-3H3. The number of esters is 1. The normalized spacial score (nSPS) is 16.9. The lowest BCUT2D eigenvalue weighted by Gasteiger charge is -2.27. The molecule has 0 saturated carbocycles. The van der Waals surface area contributed by atoms with Gasteiger partial charge in [0.1, 0.15) is 5.56 Å². The lowest BCUT2D eigenvalue weighted by atomic mass is 10.1. The van der Waals surface area contributed by atoms with Gasteiger partial charge in [0, 0.05) is 6.04 Å². The molecule has 1 unspecified atom stereocenters. The van der Waals surface area contributed by atoms with Crippen LogP contribution in [0.5, 0.6) is 5.75 Å². The third kappa shape index (κ3) is 4.78. The van der Waals surface area contributed by atoms with Gasteiger partial charge >= 0.3 is 21.6 Å². The van der Waals surface area contributed by atoms with Crippen LogP contribution in [0.3, 0.4) is 0 Å². The zero-order valence-corrected chi connectivity index (χ0v) is 16.8. The van der Waals surface area contributed by atoms with Crippen molar-refractivity contribution in [3.05, 3.63) is 28.8 Å². The van der Waals surface area contributed by atoms with E-state index in [4.69, 9.17) is 0 Å². The Balaban J connectivity index is 2.40. The zero-order chi connectivity index (χ0) is 21.1. The molecule has 1 aliphatic rings. The maximum Gasteiger partial charge on any atom is 0.534 e. The van der Waals surface area contributed by atoms with E-state index < -0.39 is 27.3 Å². The fourth-order valence-electron chi connectivity index (χ4n) is 3.44. The van der Waals surface area contributed by atoms with E-state index in [1.165, 1.54) is 12.1 Å². The zero-order valence-electron chi connectivity index (χ0n) is 16.0. The number of halogens is 3. The summed E-state index contributed by atoms with van der Waals surface area (Å²) in [5.74, 6) is -1.63. The van der Waals surface area contributed by atoms with E-state index in [0.29, 0.717) is 18.4 Å². The van der Waals surface area contributed by atoms with Crippen LogP contribution >= 0.6 is 0 Å². The van der Waals surface area contributed by atoms with Gasteiger partial charge in [0.05, 0.1) is 7.11 Å². The van der Waals surface area contributed by atoms with Gasteiger partial charge in [-0.1, -0.05) is 13.8 Å². The highest BCUT2D eigenvalue weighted by Gasteiger charge is 2.49. The van der Waals surface area contributed by atoms with Crippen LogP contribution < -0.4 is 4.18 Å². The van der Waals surface area contributed by atoms with E-state index >= 15 is 0 Å². The Morgan fingerprint density at radius 2 is 1.68 bits per heavy atom. The molecule has 0 N–H and O–H groups in total. The summed E-state index contributed by atoms with van der Waals surface area (Å²) in [6.45, 7) is 5.88. The largest absolute Gasteiger partial charge is 0.534 e. The Labute approximate surface area is 162 Å². The molecule has 0 amide bonds. The Morgan fingerprint density at radius 3 is 2.14 bits per heavy atom. The fourth-order valence-corrected chi connectivity index (χ4v) is 3.91. The number of fused-ring (bicyclic) bond motifs is 1. The molecule has 0 aliphatic heterocycles. The predicted octanol–water partition coefficient (Wildman–Crippen LogP) is 3.29. The van der Waals surface area contributed by atoms with Crippen LogP contribution in [-0.2, 0) is 27.7 Å². The number of methoxy groups -OCH3 is 1. The van der Waals surface area contributed by atoms with Crippen molar-refractivity contribution < 1.29 is 35.3 Å². The minimum atomic E-state index is -5.90. The van der Waals surface area contributed by atoms with E-state index in [0.717, 1.165) is 38.6 Å². The van der Waals surface area contributed by atoms with Crippen molar-refractivity contribution >= 4 is 16.1 Å². The Hall–Kier alpha value is -1.81. The van der Waals surface area contributed by atoms with Gasteiger partial charge in [-0.3, -0.25) is 4.90 Å². The topological polar surface area (TPSA) is 72.9 Å². The first kappa shape index (κ1) is 22.5. The van der Waals surface area contributed by atoms with Crippen molar-refractivity contribution in [1.29, 1.82) is 0 Å². The first-order valence-corrected chi connectivity index (χ1v) is 10.4. The van der Waals surface area contributed by atoms with Crippen molar-refractivity contribution in [3.63, 3.8) is 0 Å². The molecule has 1 atom stereocenters. The third-order valence-electron chi connectivity index (χ3n) is 4.64. The van der Waals surface area contributed by atoms with Crippen LogP contribution in [0.1, 0.15) is 48.2 Å². The second-order valence-corrected chi connectivity index (χ2v) is 8.23. The Bertz CT molecular complexity index is 817. The molecule has 0 aromatic heterocycles. The average molecular weight is 423 g/mol. The summed E-state index contributed by atoms with van der Waals surface area (Å²) in [5.41, 5.74) is -4.49. The van der Waals surface area contributed by atoms with E-state index in [1.54, 1.807) is 0 Å². The van der Waals surface area contributed by atoms with Crippen molar-refractivity contribution in [3.8, 4) is 5.75 Å². The van der Waals surface area contributed by atoms with Crippen LogP contribution in [0.15, 0.2) is 12.1 Å². The molecule has 1 aliphatic carbocycles. The Kier molecular flexibility index (Phi) is 6.97. The smallest absolute Gasteiger partial charge is 0.465 e. The number of rotatable bonds is 8. The summed E-state index contributed by atoms with van der Waals surface area (Å²) in [6, 6.07) is 2.72. The number of benzene rings is 1.